The third kappa shape index (κ3) is 3.24. The predicted octanol–water partition coefficient (Wildman–Crippen LogP) is 1.14. The number of nitrogens with one attached hydrogen (secondary N) is 1. The van der Waals surface area contributed by atoms with Crippen molar-refractivity contribution in [3.8, 4) is 0 Å². The minimum atomic E-state index is -1.05. The lowest BCUT2D eigenvalue weighted by Crippen LogP contribution is -2.37. The van der Waals surface area contributed by atoms with E-state index in [0.29, 0.717) is 5.56 Å². The van der Waals surface area contributed by atoms with Gasteiger partial charge in [0.2, 0.25) is 5.91 Å². The van der Waals surface area contributed by atoms with Crippen LogP contribution in [0.4, 0.5) is 5.88 Å². The highest BCUT2D eigenvalue weighted by molar-refractivity contribution is 5.95. The third-order valence-electron chi connectivity index (χ3n) is 2.69. The molecular formula is C13H11N3O5. The van der Waals surface area contributed by atoms with E-state index in [9.17, 15) is 19.7 Å². The average Bonchev–Trinajstić information content (AvgIpc) is 2.95. The largest absolute Gasteiger partial charge is 0.433 e. The van der Waals surface area contributed by atoms with Crippen molar-refractivity contribution in [1.82, 2.24) is 5.32 Å². The van der Waals surface area contributed by atoms with Crippen molar-refractivity contribution in [3.63, 3.8) is 0 Å². The Morgan fingerprint density at radius 2 is 1.86 bits per heavy atom. The fraction of sp³-hybridized carbons (Fsp3) is 0.0769. The highest BCUT2D eigenvalue weighted by Crippen LogP contribution is 2.17. The average molecular weight is 289 g/mol. The molecule has 0 saturated heterocycles. The van der Waals surface area contributed by atoms with Gasteiger partial charge in [0, 0.05) is 0 Å². The summed E-state index contributed by atoms with van der Waals surface area (Å²) in [4.78, 5) is 33.1. The number of hydrogen-bond acceptors (Lipinski definition) is 5. The first-order chi connectivity index (χ1) is 9.99. The Morgan fingerprint density at radius 1 is 1.19 bits per heavy atom. The number of furan rings is 1. The third-order valence-corrected chi connectivity index (χ3v) is 2.69. The minimum Gasteiger partial charge on any atom is -0.395 e. The van der Waals surface area contributed by atoms with E-state index in [1.165, 1.54) is 0 Å². The summed E-state index contributed by atoms with van der Waals surface area (Å²) in [5, 5.41) is 12.9. The molecule has 1 aromatic heterocycles. The van der Waals surface area contributed by atoms with Crippen molar-refractivity contribution < 1.29 is 18.9 Å². The maximum Gasteiger partial charge on any atom is 0.433 e. The number of amides is 2. The molecule has 1 heterocycles. The molecule has 0 bridgehead atoms. The summed E-state index contributed by atoms with van der Waals surface area (Å²) in [6.07, 6.45) is 0. The van der Waals surface area contributed by atoms with Crippen LogP contribution in [0.1, 0.15) is 22.2 Å². The zero-order chi connectivity index (χ0) is 15.4. The van der Waals surface area contributed by atoms with Gasteiger partial charge in [-0.05, 0) is 11.6 Å². The molecule has 0 aliphatic carbocycles. The molecule has 21 heavy (non-hydrogen) atoms. The summed E-state index contributed by atoms with van der Waals surface area (Å²) in [5.74, 6) is -2.36. The first-order valence-corrected chi connectivity index (χ1v) is 5.88. The number of nitrogens with zero attached hydrogens (tertiary/aromatic N) is 1. The maximum absolute atomic E-state index is 11.9. The Balaban J connectivity index is 2.19. The fourth-order valence-electron chi connectivity index (χ4n) is 1.71. The Bertz CT molecular complexity index is 680. The van der Waals surface area contributed by atoms with E-state index < -0.39 is 28.7 Å². The molecule has 0 aliphatic rings. The van der Waals surface area contributed by atoms with Gasteiger partial charge in [0.15, 0.2) is 5.76 Å². The maximum atomic E-state index is 11.9. The van der Waals surface area contributed by atoms with E-state index in [4.69, 9.17) is 10.2 Å². The van der Waals surface area contributed by atoms with Gasteiger partial charge in [-0.25, -0.2) is 0 Å². The lowest BCUT2D eigenvalue weighted by molar-refractivity contribution is -0.402. The molecular weight excluding hydrogens is 278 g/mol. The Kier molecular flexibility index (Phi) is 3.98. The first-order valence-electron chi connectivity index (χ1n) is 5.88. The molecule has 108 valence electrons. The molecule has 8 heteroatoms. The van der Waals surface area contributed by atoms with Gasteiger partial charge < -0.3 is 15.5 Å². The van der Waals surface area contributed by atoms with Gasteiger partial charge in [-0.1, -0.05) is 30.3 Å². The summed E-state index contributed by atoms with van der Waals surface area (Å²) in [6.45, 7) is 0. The highest BCUT2D eigenvalue weighted by atomic mass is 16.6. The fourth-order valence-corrected chi connectivity index (χ4v) is 1.71. The van der Waals surface area contributed by atoms with E-state index in [1.807, 2.05) is 0 Å². The molecule has 2 rings (SSSR count). The number of hydrogen-bond donors (Lipinski definition) is 2. The monoisotopic (exact) mass is 289 g/mol. The topological polar surface area (TPSA) is 128 Å². The quantitative estimate of drug-likeness (QED) is 0.630. The summed E-state index contributed by atoms with van der Waals surface area (Å²) in [6, 6.07) is 9.53. The van der Waals surface area contributed by atoms with E-state index in [0.717, 1.165) is 12.1 Å². The van der Waals surface area contributed by atoms with Gasteiger partial charge in [-0.2, -0.15) is 0 Å². The van der Waals surface area contributed by atoms with Gasteiger partial charge in [-0.3, -0.25) is 19.7 Å². The van der Waals surface area contributed by atoms with Gasteiger partial charge in [-0.15, -0.1) is 0 Å². The van der Waals surface area contributed by atoms with Gasteiger partial charge in [0.05, 0.1) is 6.07 Å². The van der Waals surface area contributed by atoms with Crippen LogP contribution in [-0.4, -0.2) is 16.7 Å². The number of primary amides is 1. The molecule has 0 spiro atoms. The smallest absolute Gasteiger partial charge is 0.395 e. The molecule has 1 unspecified atom stereocenters. The van der Waals surface area contributed by atoms with Gasteiger partial charge in [0.25, 0.3) is 5.91 Å². The second kappa shape index (κ2) is 5.87. The molecule has 1 aromatic carbocycles. The summed E-state index contributed by atoms with van der Waals surface area (Å²) >= 11 is 0. The van der Waals surface area contributed by atoms with Crippen molar-refractivity contribution in [3.05, 3.63) is 63.9 Å². The molecule has 0 saturated carbocycles. The van der Waals surface area contributed by atoms with Gasteiger partial charge in [0.1, 0.15) is 11.0 Å². The second-order valence-corrected chi connectivity index (χ2v) is 4.11. The predicted molar refractivity (Wildman–Crippen MR) is 71.2 cm³/mol. The number of rotatable bonds is 5. The van der Waals surface area contributed by atoms with Crippen molar-refractivity contribution in [1.29, 1.82) is 0 Å². The summed E-state index contributed by atoms with van der Waals surface area (Å²) in [5.41, 5.74) is 5.76. The van der Waals surface area contributed by atoms with Crippen LogP contribution in [0.5, 0.6) is 0 Å². The molecule has 0 radical (unpaired) electrons. The normalized spacial score (nSPS) is 11.6. The molecule has 0 aliphatic heterocycles. The molecule has 3 N–H and O–H groups in total. The molecule has 2 aromatic rings. The Morgan fingerprint density at radius 3 is 2.38 bits per heavy atom. The number of carbonyl (C=O) groups excluding carboxylic acids is 2. The molecule has 2 amide bonds. The molecule has 1 atom stereocenters. The van der Waals surface area contributed by atoms with Crippen LogP contribution in [0.15, 0.2) is 46.9 Å². The standard InChI is InChI=1S/C13H11N3O5/c14-12(17)11(8-4-2-1-3-5-8)15-13(18)9-6-7-10(21-9)16(19)20/h1-7,11H,(H2,14,17)(H,15,18). The Labute approximate surface area is 118 Å². The number of carbonyl (C=O) groups is 2. The summed E-state index contributed by atoms with van der Waals surface area (Å²) < 4.78 is 4.76. The lowest BCUT2D eigenvalue weighted by atomic mass is 10.1. The van der Waals surface area contributed by atoms with Crippen LogP contribution in [-0.2, 0) is 4.79 Å². The second-order valence-electron chi connectivity index (χ2n) is 4.11. The van der Waals surface area contributed by atoms with E-state index >= 15 is 0 Å². The molecule has 0 fully saturated rings. The van der Waals surface area contributed by atoms with Crippen LogP contribution >= 0.6 is 0 Å². The van der Waals surface area contributed by atoms with Crippen LogP contribution in [0, 0.1) is 10.1 Å². The summed E-state index contributed by atoms with van der Waals surface area (Å²) in [7, 11) is 0. The highest BCUT2D eigenvalue weighted by Gasteiger charge is 2.24. The van der Waals surface area contributed by atoms with Crippen LogP contribution in [0.2, 0.25) is 0 Å². The van der Waals surface area contributed by atoms with Crippen molar-refractivity contribution in [2.75, 3.05) is 0 Å². The van der Waals surface area contributed by atoms with Gasteiger partial charge >= 0.3 is 5.88 Å². The van der Waals surface area contributed by atoms with E-state index in [2.05, 4.69) is 5.32 Å². The van der Waals surface area contributed by atoms with Crippen LogP contribution in [0.25, 0.3) is 0 Å². The number of benzene rings is 1. The SMILES string of the molecule is NC(=O)C(NC(=O)c1ccc([N+](=O)[O-])o1)c1ccccc1. The number of nitrogens with two attached hydrogens (primary N) is 1. The van der Waals surface area contributed by atoms with E-state index in [1.54, 1.807) is 30.3 Å². The minimum absolute atomic E-state index is 0.274. The lowest BCUT2D eigenvalue weighted by Gasteiger charge is -2.14. The zero-order valence-corrected chi connectivity index (χ0v) is 10.7. The van der Waals surface area contributed by atoms with Crippen LogP contribution in [0.3, 0.4) is 0 Å². The van der Waals surface area contributed by atoms with Crippen LogP contribution < -0.4 is 11.1 Å². The van der Waals surface area contributed by atoms with Crippen molar-refractivity contribution >= 4 is 17.7 Å². The Hall–Kier alpha value is -3.16. The zero-order valence-electron chi connectivity index (χ0n) is 10.7. The first kappa shape index (κ1) is 14.3. The van der Waals surface area contributed by atoms with Crippen molar-refractivity contribution in [2.24, 2.45) is 5.73 Å². The van der Waals surface area contributed by atoms with E-state index in [-0.39, 0.29) is 5.76 Å². The molecule has 8 nitrogen and oxygen atoms in total. The van der Waals surface area contributed by atoms with Crippen molar-refractivity contribution in [2.45, 2.75) is 6.04 Å². The number of nitro groups is 1.